The second kappa shape index (κ2) is 6.26. The zero-order chi connectivity index (χ0) is 15.4. The van der Waals surface area contributed by atoms with Gasteiger partial charge < -0.3 is 15.4 Å². The van der Waals surface area contributed by atoms with Crippen LogP contribution in [0.1, 0.15) is 21.5 Å². The van der Waals surface area contributed by atoms with Crippen molar-refractivity contribution in [1.29, 1.82) is 0 Å². The number of methoxy groups -OCH3 is 1. The van der Waals surface area contributed by atoms with Gasteiger partial charge in [-0.1, -0.05) is 29.8 Å². The first kappa shape index (κ1) is 14.8. The maximum atomic E-state index is 11.8. The third kappa shape index (κ3) is 3.51. The summed E-state index contributed by atoms with van der Waals surface area (Å²) in [6, 6.07) is 9.81. The van der Waals surface area contributed by atoms with Gasteiger partial charge in [-0.15, -0.1) is 0 Å². The monoisotopic (exact) mass is 285 g/mol. The van der Waals surface area contributed by atoms with Crippen molar-refractivity contribution in [3.05, 3.63) is 53.2 Å². The van der Waals surface area contributed by atoms with Gasteiger partial charge in [-0.25, -0.2) is 9.78 Å². The average Bonchev–Trinajstić information content (AvgIpc) is 2.48. The standard InChI is InChI=1S/C16H19N3O2/c1-11-4-6-12(7-5-11)10-19(2)15-14(16(20)21-3)8-13(17)9-18-15/h4-9H,10,17H2,1-3H3. The number of nitrogens with two attached hydrogens (primary N) is 1. The molecule has 21 heavy (non-hydrogen) atoms. The van der Waals surface area contributed by atoms with Crippen LogP contribution in [-0.2, 0) is 11.3 Å². The van der Waals surface area contributed by atoms with Gasteiger partial charge in [0.05, 0.1) is 19.0 Å². The van der Waals surface area contributed by atoms with Gasteiger partial charge >= 0.3 is 5.97 Å². The van der Waals surface area contributed by atoms with Crippen LogP contribution in [0.2, 0.25) is 0 Å². The maximum absolute atomic E-state index is 11.8. The fraction of sp³-hybridized carbons (Fsp3) is 0.250. The van der Waals surface area contributed by atoms with E-state index in [0.717, 1.165) is 5.56 Å². The largest absolute Gasteiger partial charge is 0.465 e. The Bertz CT molecular complexity index is 638. The molecule has 0 unspecified atom stereocenters. The molecule has 5 heteroatoms. The van der Waals surface area contributed by atoms with Crippen molar-refractivity contribution in [2.75, 3.05) is 24.8 Å². The Balaban J connectivity index is 2.28. The van der Waals surface area contributed by atoms with Crippen LogP contribution in [0.5, 0.6) is 0 Å². The van der Waals surface area contributed by atoms with Crippen molar-refractivity contribution in [1.82, 2.24) is 4.98 Å². The van der Waals surface area contributed by atoms with Crippen LogP contribution in [0.3, 0.4) is 0 Å². The second-order valence-corrected chi connectivity index (χ2v) is 4.97. The molecule has 0 saturated carbocycles. The number of aryl methyl sites for hydroxylation is 1. The fourth-order valence-electron chi connectivity index (χ4n) is 2.08. The summed E-state index contributed by atoms with van der Waals surface area (Å²) < 4.78 is 4.79. The molecule has 2 rings (SSSR count). The quantitative estimate of drug-likeness (QED) is 0.874. The van der Waals surface area contributed by atoms with Gasteiger partial charge in [0, 0.05) is 13.6 Å². The van der Waals surface area contributed by atoms with Crippen molar-refractivity contribution < 1.29 is 9.53 Å². The molecule has 0 fully saturated rings. The summed E-state index contributed by atoms with van der Waals surface area (Å²) in [5, 5.41) is 0. The van der Waals surface area contributed by atoms with Gasteiger partial charge in [0.25, 0.3) is 0 Å². The Hall–Kier alpha value is -2.56. The van der Waals surface area contributed by atoms with E-state index in [1.54, 1.807) is 6.07 Å². The molecule has 0 saturated heterocycles. The van der Waals surface area contributed by atoms with E-state index in [-0.39, 0.29) is 0 Å². The van der Waals surface area contributed by atoms with E-state index in [1.165, 1.54) is 18.9 Å². The highest BCUT2D eigenvalue weighted by Crippen LogP contribution is 2.21. The Kier molecular flexibility index (Phi) is 4.42. The summed E-state index contributed by atoms with van der Waals surface area (Å²) >= 11 is 0. The van der Waals surface area contributed by atoms with Crippen molar-refractivity contribution >= 4 is 17.5 Å². The third-order valence-electron chi connectivity index (χ3n) is 3.20. The lowest BCUT2D eigenvalue weighted by atomic mass is 10.1. The lowest BCUT2D eigenvalue weighted by Crippen LogP contribution is -2.21. The first-order valence-corrected chi connectivity index (χ1v) is 6.61. The Morgan fingerprint density at radius 2 is 2.00 bits per heavy atom. The molecular formula is C16H19N3O2. The molecule has 0 amide bonds. The van der Waals surface area contributed by atoms with Crippen LogP contribution >= 0.6 is 0 Å². The minimum absolute atomic E-state index is 0.368. The smallest absolute Gasteiger partial charge is 0.341 e. The van der Waals surface area contributed by atoms with Crippen LogP contribution in [0, 0.1) is 6.92 Å². The second-order valence-electron chi connectivity index (χ2n) is 4.97. The van der Waals surface area contributed by atoms with E-state index in [9.17, 15) is 4.79 Å². The van der Waals surface area contributed by atoms with Gasteiger partial charge in [0.1, 0.15) is 11.4 Å². The van der Waals surface area contributed by atoms with E-state index >= 15 is 0 Å². The lowest BCUT2D eigenvalue weighted by molar-refractivity contribution is 0.0601. The highest BCUT2D eigenvalue weighted by Gasteiger charge is 2.17. The number of nitrogens with zero attached hydrogens (tertiary/aromatic N) is 2. The predicted molar refractivity (Wildman–Crippen MR) is 83.3 cm³/mol. The van der Waals surface area contributed by atoms with Gasteiger partial charge in [0.15, 0.2) is 0 Å². The molecule has 0 bridgehead atoms. The number of ether oxygens (including phenoxy) is 1. The number of carbonyl (C=O) groups excluding carboxylic acids is 1. The zero-order valence-corrected chi connectivity index (χ0v) is 12.5. The van der Waals surface area contributed by atoms with Gasteiger partial charge in [-0.05, 0) is 18.6 Å². The summed E-state index contributed by atoms with van der Waals surface area (Å²) in [7, 11) is 3.22. The number of nitrogen functional groups attached to an aromatic ring is 1. The maximum Gasteiger partial charge on any atom is 0.341 e. The number of esters is 1. The van der Waals surface area contributed by atoms with E-state index in [4.69, 9.17) is 10.5 Å². The van der Waals surface area contributed by atoms with Crippen molar-refractivity contribution in [3.63, 3.8) is 0 Å². The number of aromatic nitrogens is 1. The molecule has 1 aromatic heterocycles. The Morgan fingerprint density at radius 1 is 1.33 bits per heavy atom. The molecule has 0 aliphatic heterocycles. The van der Waals surface area contributed by atoms with E-state index in [1.807, 2.05) is 18.9 Å². The third-order valence-corrected chi connectivity index (χ3v) is 3.20. The lowest BCUT2D eigenvalue weighted by Gasteiger charge is -2.20. The number of hydrogen-bond donors (Lipinski definition) is 1. The topological polar surface area (TPSA) is 68.5 Å². The van der Waals surface area contributed by atoms with Crippen molar-refractivity contribution in [2.24, 2.45) is 0 Å². The molecule has 0 spiro atoms. The summed E-state index contributed by atoms with van der Waals surface area (Å²) in [6.45, 7) is 2.69. The van der Waals surface area contributed by atoms with E-state index in [0.29, 0.717) is 23.6 Å². The van der Waals surface area contributed by atoms with Gasteiger partial charge in [-0.3, -0.25) is 0 Å². The summed E-state index contributed by atoms with van der Waals surface area (Å²) in [5.41, 5.74) is 8.85. The molecule has 2 aromatic rings. The number of rotatable bonds is 4. The summed E-state index contributed by atoms with van der Waals surface area (Å²) in [4.78, 5) is 18.0. The first-order chi connectivity index (χ1) is 10.0. The molecule has 1 heterocycles. The molecule has 1 aromatic carbocycles. The van der Waals surface area contributed by atoms with E-state index < -0.39 is 5.97 Å². The van der Waals surface area contributed by atoms with Crippen LogP contribution in [0.25, 0.3) is 0 Å². The predicted octanol–water partition coefficient (Wildman–Crippen LogP) is 2.40. The highest BCUT2D eigenvalue weighted by molar-refractivity contribution is 5.95. The number of anilines is 2. The molecule has 2 N–H and O–H groups in total. The van der Waals surface area contributed by atoms with Crippen LogP contribution < -0.4 is 10.6 Å². The van der Waals surface area contributed by atoms with Crippen LogP contribution in [0.4, 0.5) is 11.5 Å². The van der Waals surface area contributed by atoms with Gasteiger partial charge in [-0.2, -0.15) is 0 Å². The normalized spacial score (nSPS) is 10.2. The first-order valence-electron chi connectivity index (χ1n) is 6.61. The number of pyridine rings is 1. The molecule has 5 nitrogen and oxygen atoms in total. The number of hydrogen-bond acceptors (Lipinski definition) is 5. The molecule has 0 atom stereocenters. The van der Waals surface area contributed by atoms with Crippen LogP contribution in [0.15, 0.2) is 36.5 Å². The number of carbonyl (C=O) groups is 1. The zero-order valence-electron chi connectivity index (χ0n) is 12.5. The summed E-state index contributed by atoms with van der Waals surface area (Å²) in [5.74, 6) is 0.109. The molecule has 0 aliphatic carbocycles. The fourth-order valence-corrected chi connectivity index (χ4v) is 2.08. The Labute approximate surface area is 124 Å². The van der Waals surface area contributed by atoms with Gasteiger partial charge in [0.2, 0.25) is 0 Å². The summed E-state index contributed by atoms with van der Waals surface area (Å²) in [6.07, 6.45) is 1.54. The SMILES string of the molecule is COC(=O)c1cc(N)cnc1N(C)Cc1ccc(C)cc1. The van der Waals surface area contributed by atoms with E-state index in [2.05, 4.69) is 29.2 Å². The molecule has 0 radical (unpaired) electrons. The minimum Gasteiger partial charge on any atom is -0.465 e. The minimum atomic E-state index is -0.444. The van der Waals surface area contributed by atoms with Crippen molar-refractivity contribution in [3.8, 4) is 0 Å². The Morgan fingerprint density at radius 3 is 2.62 bits per heavy atom. The molecule has 0 aliphatic rings. The number of benzene rings is 1. The van der Waals surface area contributed by atoms with Crippen molar-refractivity contribution in [2.45, 2.75) is 13.5 Å². The highest BCUT2D eigenvalue weighted by atomic mass is 16.5. The van der Waals surface area contributed by atoms with Crippen LogP contribution in [-0.4, -0.2) is 25.1 Å². The molecular weight excluding hydrogens is 266 g/mol. The molecule has 110 valence electrons. The average molecular weight is 285 g/mol.